The van der Waals surface area contributed by atoms with Gasteiger partial charge in [0.1, 0.15) is 5.15 Å². The monoisotopic (exact) mass is 184 g/mol. The van der Waals surface area contributed by atoms with Crippen LogP contribution in [0, 0.1) is 0 Å². The highest BCUT2D eigenvalue weighted by molar-refractivity contribution is 7.86. The Kier molecular flexibility index (Phi) is 1.65. The van der Waals surface area contributed by atoms with Crippen LogP contribution in [0.1, 0.15) is 0 Å². The van der Waals surface area contributed by atoms with Gasteiger partial charge in [0.05, 0.1) is 6.20 Å². The van der Waals surface area contributed by atoms with Crippen molar-refractivity contribution in [2.75, 3.05) is 0 Å². The van der Waals surface area contributed by atoms with Crippen LogP contribution in [0.5, 0.6) is 0 Å². The zero-order valence-electron chi connectivity index (χ0n) is 4.51. The van der Waals surface area contributed by atoms with Gasteiger partial charge in [-0.1, -0.05) is 11.6 Å². The van der Waals surface area contributed by atoms with Gasteiger partial charge in [0.2, 0.25) is 0 Å². The van der Waals surface area contributed by atoms with Crippen LogP contribution in [0.2, 0.25) is 5.15 Å². The van der Waals surface area contributed by atoms with Crippen LogP contribution >= 0.6 is 11.6 Å². The summed E-state index contributed by atoms with van der Waals surface area (Å²) in [6, 6.07) is 0. The minimum Gasteiger partial charge on any atom is -0.266 e. The Hall–Kier alpha value is -0.620. The second-order valence-electron chi connectivity index (χ2n) is 1.49. The normalized spacial score (nSPS) is 11.8. The van der Waals surface area contributed by atoms with Crippen LogP contribution in [-0.4, -0.2) is 18.6 Å². The van der Waals surface area contributed by atoms with Gasteiger partial charge in [-0.3, -0.25) is 5.10 Å². The summed E-state index contributed by atoms with van der Waals surface area (Å²) in [6.07, 6.45) is 0.803. The summed E-state index contributed by atoms with van der Waals surface area (Å²) in [5.74, 6) is 0. The van der Waals surface area contributed by atoms with Crippen molar-refractivity contribution in [1.29, 1.82) is 0 Å². The van der Waals surface area contributed by atoms with Crippen LogP contribution in [0.4, 0.5) is 3.89 Å². The van der Waals surface area contributed by atoms with E-state index in [0.717, 1.165) is 6.20 Å². The number of aromatic amines is 1. The molecular formula is C3H2ClFN2O2S. The second kappa shape index (κ2) is 2.21. The largest absolute Gasteiger partial charge is 0.336 e. The second-order valence-corrected chi connectivity index (χ2v) is 3.18. The zero-order valence-corrected chi connectivity index (χ0v) is 6.08. The molecule has 0 aliphatic rings. The first-order valence-corrected chi connectivity index (χ1v) is 3.91. The number of hydrogen-bond acceptors (Lipinski definition) is 3. The van der Waals surface area contributed by atoms with Crippen LogP contribution in [0.25, 0.3) is 0 Å². The van der Waals surface area contributed by atoms with E-state index < -0.39 is 15.1 Å². The van der Waals surface area contributed by atoms with Crippen molar-refractivity contribution in [3.05, 3.63) is 11.3 Å². The Labute approximate surface area is 61.2 Å². The number of aromatic nitrogens is 2. The maximum atomic E-state index is 12.0. The van der Waals surface area contributed by atoms with Crippen molar-refractivity contribution < 1.29 is 12.3 Å². The molecule has 1 aromatic heterocycles. The smallest absolute Gasteiger partial charge is 0.266 e. The molecule has 0 aliphatic carbocycles. The highest BCUT2D eigenvalue weighted by Crippen LogP contribution is 2.18. The molecule has 0 amide bonds. The summed E-state index contributed by atoms with van der Waals surface area (Å²) in [5.41, 5.74) is 0. The molecule has 0 aromatic carbocycles. The van der Waals surface area contributed by atoms with Crippen LogP contribution in [-0.2, 0) is 10.2 Å². The first kappa shape index (κ1) is 7.49. The van der Waals surface area contributed by atoms with Crippen LogP contribution in [0.15, 0.2) is 11.1 Å². The maximum absolute atomic E-state index is 12.0. The molecule has 0 atom stereocenters. The minimum absolute atomic E-state index is 0.317. The predicted octanol–water partition coefficient (Wildman–Crippen LogP) is 0.721. The highest BCUT2D eigenvalue weighted by atomic mass is 35.5. The van der Waals surface area contributed by atoms with Gasteiger partial charge >= 0.3 is 10.2 Å². The van der Waals surface area contributed by atoms with Crippen LogP contribution < -0.4 is 0 Å². The van der Waals surface area contributed by atoms with Gasteiger partial charge in [0, 0.05) is 0 Å². The Balaban J connectivity index is 3.32. The van der Waals surface area contributed by atoms with E-state index >= 15 is 0 Å². The topological polar surface area (TPSA) is 62.8 Å². The number of nitrogens with zero attached hydrogens (tertiary/aromatic N) is 1. The first-order valence-electron chi connectivity index (χ1n) is 2.15. The highest BCUT2D eigenvalue weighted by Gasteiger charge is 2.17. The molecule has 56 valence electrons. The quantitative estimate of drug-likeness (QED) is 0.655. The fraction of sp³-hybridized carbons (Fsp3) is 0. The molecule has 4 nitrogen and oxygen atoms in total. The van der Waals surface area contributed by atoms with E-state index in [-0.39, 0.29) is 5.15 Å². The molecular weight excluding hydrogens is 183 g/mol. The molecule has 1 rings (SSSR count). The molecule has 0 radical (unpaired) electrons. The lowest BCUT2D eigenvalue weighted by Gasteiger charge is -1.84. The van der Waals surface area contributed by atoms with Gasteiger partial charge in [0.15, 0.2) is 4.90 Å². The fourth-order valence-corrected chi connectivity index (χ4v) is 1.24. The molecule has 0 fully saturated rings. The van der Waals surface area contributed by atoms with Crippen molar-refractivity contribution in [1.82, 2.24) is 10.2 Å². The van der Waals surface area contributed by atoms with Gasteiger partial charge in [-0.15, -0.1) is 3.89 Å². The number of rotatable bonds is 1. The lowest BCUT2D eigenvalue weighted by atomic mass is 10.7. The summed E-state index contributed by atoms with van der Waals surface area (Å²) in [4.78, 5) is -0.630. The van der Waals surface area contributed by atoms with Crippen molar-refractivity contribution in [2.24, 2.45) is 0 Å². The number of nitrogens with one attached hydrogen (secondary N) is 1. The molecule has 0 aliphatic heterocycles. The van der Waals surface area contributed by atoms with Crippen LogP contribution in [0.3, 0.4) is 0 Å². The first-order chi connectivity index (χ1) is 4.52. The summed E-state index contributed by atoms with van der Waals surface area (Å²) in [7, 11) is -4.72. The Morgan fingerprint density at radius 1 is 1.70 bits per heavy atom. The fourth-order valence-electron chi connectivity index (χ4n) is 0.429. The lowest BCUT2D eigenvalue weighted by Crippen LogP contribution is -1.89. The molecule has 0 bridgehead atoms. The average molecular weight is 185 g/mol. The number of H-pyrrole nitrogens is 1. The molecule has 0 unspecified atom stereocenters. The van der Waals surface area contributed by atoms with E-state index in [2.05, 4.69) is 10.2 Å². The van der Waals surface area contributed by atoms with E-state index in [4.69, 9.17) is 11.6 Å². The Morgan fingerprint density at radius 2 is 2.30 bits per heavy atom. The van der Waals surface area contributed by atoms with Crippen molar-refractivity contribution in [2.45, 2.75) is 4.90 Å². The Bertz CT molecular complexity index is 332. The van der Waals surface area contributed by atoms with Gasteiger partial charge in [0.25, 0.3) is 0 Å². The molecule has 0 spiro atoms. The predicted molar refractivity (Wildman–Crippen MR) is 31.9 cm³/mol. The van der Waals surface area contributed by atoms with Crippen molar-refractivity contribution in [3.8, 4) is 0 Å². The average Bonchev–Trinajstić information content (AvgIpc) is 2.11. The summed E-state index contributed by atoms with van der Waals surface area (Å²) in [5, 5.41) is 4.97. The minimum atomic E-state index is -4.72. The Morgan fingerprint density at radius 3 is 2.50 bits per heavy atom. The molecule has 1 N–H and O–H groups in total. The SMILES string of the molecule is O=S(=O)(F)c1cn[nH]c1Cl. The molecule has 1 aromatic rings. The van der Waals surface area contributed by atoms with Gasteiger partial charge in [-0.2, -0.15) is 13.5 Å². The standard InChI is InChI=1S/C3H2ClFN2O2S/c4-3-2(1-6-7-3)10(5,8)9/h1H,(H,6,7). The summed E-state index contributed by atoms with van der Waals surface area (Å²) >= 11 is 5.19. The third-order valence-corrected chi connectivity index (χ3v) is 2.06. The molecule has 0 saturated heterocycles. The molecule has 0 saturated carbocycles. The third kappa shape index (κ3) is 1.27. The lowest BCUT2D eigenvalue weighted by molar-refractivity contribution is 0.552. The van der Waals surface area contributed by atoms with E-state index in [0.29, 0.717) is 0 Å². The molecule has 7 heteroatoms. The van der Waals surface area contributed by atoms with Gasteiger partial charge in [-0.05, 0) is 0 Å². The third-order valence-electron chi connectivity index (χ3n) is 0.824. The maximum Gasteiger partial charge on any atom is 0.336 e. The van der Waals surface area contributed by atoms with E-state index in [1.807, 2.05) is 0 Å². The van der Waals surface area contributed by atoms with Gasteiger partial charge < -0.3 is 0 Å². The van der Waals surface area contributed by atoms with E-state index in [9.17, 15) is 12.3 Å². The zero-order chi connectivity index (χ0) is 7.78. The van der Waals surface area contributed by atoms with Crippen molar-refractivity contribution in [3.63, 3.8) is 0 Å². The summed E-state index contributed by atoms with van der Waals surface area (Å²) in [6.45, 7) is 0. The van der Waals surface area contributed by atoms with E-state index in [1.165, 1.54) is 0 Å². The molecule has 10 heavy (non-hydrogen) atoms. The molecule has 1 heterocycles. The van der Waals surface area contributed by atoms with Gasteiger partial charge in [-0.25, -0.2) is 0 Å². The van der Waals surface area contributed by atoms with E-state index in [1.54, 1.807) is 0 Å². The summed E-state index contributed by atoms with van der Waals surface area (Å²) < 4.78 is 32.3. The van der Waals surface area contributed by atoms with Crippen molar-refractivity contribution >= 4 is 21.8 Å². The number of halogens is 2. The number of hydrogen-bond donors (Lipinski definition) is 1.